The van der Waals surface area contributed by atoms with Gasteiger partial charge in [0.2, 0.25) is 0 Å². The Morgan fingerprint density at radius 3 is 2.64 bits per heavy atom. The molecule has 0 aliphatic carbocycles. The lowest BCUT2D eigenvalue weighted by Crippen LogP contribution is -2.27. The number of pyridine rings is 1. The second-order valence-electron chi connectivity index (χ2n) is 6.50. The van der Waals surface area contributed by atoms with E-state index in [2.05, 4.69) is 51.8 Å². The zero-order valence-corrected chi connectivity index (χ0v) is 15.0. The van der Waals surface area contributed by atoms with E-state index in [1.807, 2.05) is 36.5 Å². The minimum absolute atomic E-state index is 0.813. The third kappa shape index (κ3) is 5.05. The molecular formula is C20H26N4O. The highest BCUT2D eigenvalue weighted by Gasteiger charge is 2.12. The molecule has 3 aromatic heterocycles. The summed E-state index contributed by atoms with van der Waals surface area (Å²) in [4.78, 5) is 9.12. The zero-order chi connectivity index (χ0) is 17.5. The van der Waals surface area contributed by atoms with Gasteiger partial charge < -0.3 is 13.9 Å². The Labute approximate surface area is 149 Å². The van der Waals surface area contributed by atoms with Crippen LogP contribution in [-0.4, -0.2) is 46.5 Å². The SMILES string of the molecule is CN(C)CCCN(Cc1ccco1)Cc1cccn1-c1ccccn1. The monoisotopic (exact) mass is 338 g/mol. The predicted octanol–water partition coefficient (Wildman–Crippen LogP) is 3.42. The van der Waals surface area contributed by atoms with Gasteiger partial charge in [0.05, 0.1) is 12.8 Å². The fourth-order valence-electron chi connectivity index (χ4n) is 2.94. The molecule has 0 aliphatic rings. The molecule has 0 amide bonds. The summed E-state index contributed by atoms with van der Waals surface area (Å²) >= 11 is 0. The van der Waals surface area contributed by atoms with Crippen LogP contribution in [0.15, 0.2) is 65.5 Å². The number of hydrogen-bond donors (Lipinski definition) is 0. The van der Waals surface area contributed by atoms with E-state index in [4.69, 9.17) is 4.42 Å². The molecule has 0 bridgehead atoms. The molecule has 0 aromatic carbocycles. The number of furan rings is 1. The molecule has 3 heterocycles. The van der Waals surface area contributed by atoms with Gasteiger partial charge in [0, 0.05) is 31.2 Å². The third-order valence-corrected chi connectivity index (χ3v) is 4.15. The van der Waals surface area contributed by atoms with Crippen molar-refractivity contribution in [3.05, 3.63) is 72.6 Å². The Morgan fingerprint density at radius 2 is 1.92 bits per heavy atom. The van der Waals surface area contributed by atoms with Gasteiger partial charge >= 0.3 is 0 Å². The first kappa shape index (κ1) is 17.5. The highest BCUT2D eigenvalue weighted by atomic mass is 16.3. The molecular weight excluding hydrogens is 312 g/mol. The summed E-state index contributed by atoms with van der Waals surface area (Å²) in [5, 5.41) is 0. The first-order valence-electron chi connectivity index (χ1n) is 8.69. The minimum Gasteiger partial charge on any atom is -0.468 e. The van der Waals surface area contributed by atoms with Crippen molar-refractivity contribution >= 4 is 0 Å². The van der Waals surface area contributed by atoms with Gasteiger partial charge in [-0.05, 0) is 63.5 Å². The van der Waals surface area contributed by atoms with Gasteiger partial charge in [0.25, 0.3) is 0 Å². The summed E-state index contributed by atoms with van der Waals surface area (Å²) in [6.07, 6.45) is 6.77. The van der Waals surface area contributed by atoms with E-state index in [0.29, 0.717) is 0 Å². The van der Waals surface area contributed by atoms with E-state index < -0.39 is 0 Å². The van der Waals surface area contributed by atoms with Crippen LogP contribution in [0.4, 0.5) is 0 Å². The Kier molecular flexibility index (Phi) is 6.04. The van der Waals surface area contributed by atoms with Crippen LogP contribution in [0.5, 0.6) is 0 Å². The van der Waals surface area contributed by atoms with Crippen molar-refractivity contribution in [2.45, 2.75) is 19.5 Å². The number of nitrogens with zero attached hydrogens (tertiary/aromatic N) is 4. The number of hydrogen-bond acceptors (Lipinski definition) is 4. The second kappa shape index (κ2) is 8.65. The van der Waals surface area contributed by atoms with Crippen LogP contribution in [0.3, 0.4) is 0 Å². The van der Waals surface area contributed by atoms with Crippen molar-refractivity contribution in [1.82, 2.24) is 19.4 Å². The van der Waals surface area contributed by atoms with Gasteiger partial charge in [-0.15, -0.1) is 0 Å². The van der Waals surface area contributed by atoms with Crippen molar-refractivity contribution in [2.75, 3.05) is 27.2 Å². The second-order valence-corrected chi connectivity index (χ2v) is 6.50. The molecule has 5 heteroatoms. The van der Waals surface area contributed by atoms with Gasteiger partial charge in [-0.3, -0.25) is 4.90 Å². The lowest BCUT2D eigenvalue weighted by molar-refractivity contribution is 0.219. The molecule has 0 saturated carbocycles. The van der Waals surface area contributed by atoms with E-state index in [1.165, 1.54) is 5.69 Å². The van der Waals surface area contributed by atoms with Crippen LogP contribution in [0.2, 0.25) is 0 Å². The summed E-state index contributed by atoms with van der Waals surface area (Å²) in [6, 6.07) is 14.2. The highest BCUT2D eigenvalue weighted by molar-refractivity contribution is 5.27. The first-order chi connectivity index (χ1) is 12.2. The molecule has 0 spiro atoms. The topological polar surface area (TPSA) is 37.4 Å². The van der Waals surface area contributed by atoms with Crippen LogP contribution in [-0.2, 0) is 13.1 Å². The van der Waals surface area contributed by atoms with Crippen molar-refractivity contribution in [3.63, 3.8) is 0 Å². The number of rotatable bonds is 9. The molecule has 3 rings (SSSR count). The summed E-state index contributed by atoms with van der Waals surface area (Å²) < 4.78 is 7.71. The van der Waals surface area contributed by atoms with Crippen molar-refractivity contribution < 1.29 is 4.42 Å². The maximum Gasteiger partial charge on any atom is 0.136 e. The molecule has 0 radical (unpaired) electrons. The van der Waals surface area contributed by atoms with E-state index in [1.54, 1.807) is 6.26 Å². The predicted molar refractivity (Wildman–Crippen MR) is 99.6 cm³/mol. The first-order valence-corrected chi connectivity index (χ1v) is 8.69. The number of aromatic nitrogens is 2. The quantitative estimate of drug-likeness (QED) is 0.599. The van der Waals surface area contributed by atoms with Crippen LogP contribution in [0.1, 0.15) is 17.9 Å². The van der Waals surface area contributed by atoms with E-state index in [9.17, 15) is 0 Å². The fourth-order valence-corrected chi connectivity index (χ4v) is 2.94. The molecule has 5 nitrogen and oxygen atoms in total. The molecule has 25 heavy (non-hydrogen) atoms. The van der Waals surface area contributed by atoms with Gasteiger partial charge in [-0.2, -0.15) is 0 Å². The molecule has 0 aliphatic heterocycles. The average Bonchev–Trinajstić information content (AvgIpc) is 3.27. The molecule has 0 saturated heterocycles. The van der Waals surface area contributed by atoms with Crippen LogP contribution in [0, 0.1) is 0 Å². The van der Waals surface area contributed by atoms with E-state index in [0.717, 1.165) is 44.2 Å². The van der Waals surface area contributed by atoms with Crippen molar-refractivity contribution in [1.29, 1.82) is 0 Å². The molecule has 3 aromatic rings. The van der Waals surface area contributed by atoms with Crippen molar-refractivity contribution in [2.24, 2.45) is 0 Å². The Morgan fingerprint density at radius 1 is 1.00 bits per heavy atom. The Bertz CT molecular complexity index is 734. The summed E-state index contributed by atoms with van der Waals surface area (Å²) in [7, 11) is 4.23. The smallest absolute Gasteiger partial charge is 0.136 e. The lowest BCUT2D eigenvalue weighted by Gasteiger charge is -2.23. The molecule has 0 N–H and O–H groups in total. The molecule has 0 atom stereocenters. The molecule has 132 valence electrons. The summed E-state index contributed by atoms with van der Waals surface area (Å²) in [6.45, 7) is 3.77. The van der Waals surface area contributed by atoms with Gasteiger partial charge in [-0.1, -0.05) is 6.07 Å². The summed E-state index contributed by atoms with van der Waals surface area (Å²) in [5.74, 6) is 1.95. The van der Waals surface area contributed by atoms with Gasteiger partial charge in [-0.25, -0.2) is 4.98 Å². The zero-order valence-electron chi connectivity index (χ0n) is 15.0. The fraction of sp³-hybridized carbons (Fsp3) is 0.350. The average molecular weight is 338 g/mol. The van der Waals surface area contributed by atoms with E-state index >= 15 is 0 Å². The van der Waals surface area contributed by atoms with Crippen LogP contribution < -0.4 is 0 Å². The largest absolute Gasteiger partial charge is 0.468 e. The van der Waals surface area contributed by atoms with Gasteiger partial charge in [0.15, 0.2) is 0 Å². The molecule has 0 unspecified atom stereocenters. The van der Waals surface area contributed by atoms with Crippen LogP contribution >= 0.6 is 0 Å². The van der Waals surface area contributed by atoms with Crippen LogP contribution in [0.25, 0.3) is 5.82 Å². The standard InChI is InChI=1S/C20H26N4O/c1-22(2)12-7-13-23(17-19-9-6-15-25-19)16-18-8-5-14-24(18)20-10-3-4-11-21-20/h3-6,8-11,14-15H,7,12-13,16-17H2,1-2H3. The minimum atomic E-state index is 0.813. The third-order valence-electron chi connectivity index (χ3n) is 4.15. The van der Waals surface area contributed by atoms with Crippen molar-refractivity contribution in [3.8, 4) is 5.82 Å². The maximum absolute atomic E-state index is 5.55. The Hall–Kier alpha value is -2.37. The Balaban J connectivity index is 1.72. The van der Waals surface area contributed by atoms with E-state index in [-0.39, 0.29) is 0 Å². The molecule has 0 fully saturated rings. The summed E-state index contributed by atoms with van der Waals surface area (Å²) in [5.41, 5.74) is 1.23. The normalized spacial score (nSPS) is 11.5. The lowest BCUT2D eigenvalue weighted by atomic mass is 10.3. The maximum atomic E-state index is 5.55. The van der Waals surface area contributed by atoms with Gasteiger partial charge in [0.1, 0.15) is 11.6 Å². The highest BCUT2D eigenvalue weighted by Crippen LogP contribution is 2.15.